The summed E-state index contributed by atoms with van der Waals surface area (Å²) in [6, 6.07) is 13.2. The van der Waals surface area contributed by atoms with Crippen LogP contribution in [0.4, 0.5) is 15.9 Å². The molecule has 0 radical (unpaired) electrons. The van der Waals surface area contributed by atoms with Gasteiger partial charge in [0, 0.05) is 29.4 Å². The summed E-state index contributed by atoms with van der Waals surface area (Å²) in [6.07, 6.45) is 5.19. The first-order valence-corrected chi connectivity index (χ1v) is 9.28. The number of nitrogens with zero attached hydrogens (tertiary/aromatic N) is 4. The first kappa shape index (κ1) is 17.4. The normalized spacial score (nSPS) is 15.2. The maximum atomic E-state index is 14.6. The monoisotopic (exact) mass is 363 g/mol. The number of anilines is 2. The van der Waals surface area contributed by atoms with Crippen LogP contribution in [0, 0.1) is 5.82 Å². The molecule has 2 aromatic carbocycles. The van der Waals surface area contributed by atoms with Gasteiger partial charge in [0.05, 0.1) is 17.6 Å². The van der Waals surface area contributed by atoms with Crippen LogP contribution in [-0.2, 0) is 0 Å². The maximum Gasteiger partial charge on any atom is 0.176 e. The van der Waals surface area contributed by atoms with Crippen molar-refractivity contribution < 1.29 is 4.39 Å². The Hall–Kier alpha value is -3.02. The lowest BCUT2D eigenvalue weighted by molar-refractivity contribution is 0.557. The molecule has 3 aromatic rings. The average molecular weight is 363 g/mol. The fraction of sp³-hybridized carbons (Fsp3) is 0.286. The fourth-order valence-electron chi connectivity index (χ4n) is 3.44. The zero-order valence-corrected chi connectivity index (χ0v) is 15.3. The summed E-state index contributed by atoms with van der Waals surface area (Å²) in [7, 11) is 0. The molecule has 0 amide bonds. The number of hydrogen-bond donors (Lipinski definition) is 1. The molecule has 5 nitrogen and oxygen atoms in total. The predicted molar refractivity (Wildman–Crippen MR) is 108 cm³/mol. The van der Waals surface area contributed by atoms with Gasteiger partial charge in [-0.1, -0.05) is 30.3 Å². The smallest absolute Gasteiger partial charge is 0.176 e. The van der Waals surface area contributed by atoms with Gasteiger partial charge in [-0.25, -0.2) is 4.39 Å². The van der Waals surface area contributed by atoms with E-state index in [0.717, 1.165) is 42.3 Å². The SMILES string of the molecule is C/C(=N\Nc1nncc2ccccc12)c1ccc(N2CCCCC2)c(F)c1. The zero-order valence-electron chi connectivity index (χ0n) is 15.3. The number of hydrogen-bond acceptors (Lipinski definition) is 5. The van der Waals surface area contributed by atoms with Crippen molar-refractivity contribution in [1.29, 1.82) is 0 Å². The number of halogens is 1. The van der Waals surface area contributed by atoms with E-state index in [-0.39, 0.29) is 5.82 Å². The van der Waals surface area contributed by atoms with Gasteiger partial charge in [-0.2, -0.15) is 10.2 Å². The molecule has 0 bridgehead atoms. The van der Waals surface area contributed by atoms with Crippen LogP contribution in [0.5, 0.6) is 0 Å². The molecular formula is C21H22FN5. The van der Waals surface area contributed by atoms with Gasteiger partial charge < -0.3 is 4.90 Å². The summed E-state index contributed by atoms with van der Waals surface area (Å²) in [6.45, 7) is 3.69. The largest absolute Gasteiger partial charge is 0.369 e. The second-order valence-corrected chi connectivity index (χ2v) is 6.80. The Labute approximate surface area is 157 Å². The van der Waals surface area contributed by atoms with Crippen molar-refractivity contribution in [2.75, 3.05) is 23.4 Å². The molecular weight excluding hydrogens is 341 g/mol. The lowest BCUT2D eigenvalue weighted by Gasteiger charge is -2.29. The second-order valence-electron chi connectivity index (χ2n) is 6.80. The molecule has 1 aliphatic rings. The second kappa shape index (κ2) is 7.70. The predicted octanol–water partition coefficient (Wildman–Crippen LogP) is 4.60. The quantitative estimate of drug-likeness (QED) is 0.544. The van der Waals surface area contributed by atoms with Crippen LogP contribution in [0.15, 0.2) is 53.8 Å². The molecule has 0 atom stereocenters. The summed E-state index contributed by atoms with van der Waals surface area (Å²) in [5.41, 5.74) is 5.08. The fourth-order valence-corrected chi connectivity index (χ4v) is 3.44. The van der Waals surface area contributed by atoms with Crippen LogP contribution < -0.4 is 10.3 Å². The molecule has 0 saturated carbocycles. The van der Waals surface area contributed by atoms with Crippen molar-refractivity contribution in [3.63, 3.8) is 0 Å². The van der Waals surface area contributed by atoms with Gasteiger partial charge in [0.15, 0.2) is 5.82 Å². The molecule has 1 fully saturated rings. The lowest BCUT2D eigenvalue weighted by atomic mass is 10.1. The number of hydrazone groups is 1. The third kappa shape index (κ3) is 3.74. The number of rotatable bonds is 4. The van der Waals surface area contributed by atoms with E-state index in [4.69, 9.17) is 0 Å². The Kier molecular flexibility index (Phi) is 4.96. The van der Waals surface area contributed by atoms with E-state index in [1.165, 1.54) is 6.42 Å². The van der Waals surface area contributed by atoms with Gasteiger partial charge >= 0.3 is 0 Å². The van der Waals surface area contributed by atoms with Crippen LogP contribution in [0.1, 0.15) is 31.7 Å². The minimum atomic E-state index is -0.200. The highest BCUT2D eigenvalue weighted by atomic mass is 19.1. The van der Waals surface area contributed by atoms with Gasteiger partial charge in [-0.05, 0) is 38.3 Å². The Morgan fingerprint density at radius 3 is 2.74 bits per heavy atom. The highest BCUT2D eigenvalue weighted by Crippen LogP contribution is 2.24. The van der Waals surface area contributed by atoms with Crippen LogP contribution in [0.3, 0.4) is 0 Å². The zero-order chi connectivity index (χ0) is 18.6. The Balaban J connectivity index is 1.55. The van der Waals surface area contributed by atoms with Crippen molar-refractivity contribution in [1.82, 2.24) is 10.2 Å². The van der Waals surface area contributed by atoms with Crippen LogP contribution in [0.25, 0.3) is 10.8 Å². The van der Waals surface area contributed by atoms with E-state index in [9.17, 15) is 4.39 Å². The number of benzene rings is 2. The van der Waals surface area contributed by atoms with Crippen molar-refractivity contribution in [3.8, 4) is 0 Å². The maximum absolute atomic E-state index is 14.6. The number of aromatic nitrogens is 2. The van der Waals surface area contributed by atoms with E-state index in [2.05, 4.69) is 25.6 Å². The van der Waals surface area contributed by atoms with Gasteiger partial charge in [0.25, 0.3) is 0 Å². The summed E-state index contributed by atoms with van der Waals surface area (Å²) in [5.74, 6) is 0.381. The van der Waals surface area contributed by atoms with Crippen LogP contribution >= 0.6 is 0 Å². The molecule has 2 heterocycles. The first-order valence-electron chi connectivity index (χ1n) is 9.28. The third-order valence-electron chi connectivity index (χ3n) is 4.96. The van der Waals surface area contributed by atoms with Gasteiger partial charge in [0.2, 0.25) is 0 Å². The minimum Gasteiger partial charge on any atom is -0.369 e. The van der Waals surface area contributed by atoms with Gasteiger partial charge in [0.1, 0.15) is 5.82 Å². The molecule has 138 valence electrons. The summed E-state index contributed by atoms with van der Waals surface area (Å²) in [5, 5.41) is 14.4. The first-order chi connectivity index (χ1) is 13.2. The molecule has 4 rings (SSSR count). The molecule has 1 aliphatic heterocycles. The van der Waals surface area contributed by atoms with Crippen molar-refractivity contribution in [2.45, 2.75) is 26.2 Å². The molecule has 0 unspecified atom stereocenters. The molecule has 6 heteroatoms. The molecule has 1 N–H and O–H groups in total. The summed E-state index contributed by atoms with van der Waals surface area (Å²) < 4.78 is 14.6. The Bertz CT molecular complexity index is 974. The van der Waals surface area contributed by atoms with Crippen LogP contribution in [0.2, 0.25) is 0 Å². The van der Waals surface area contributed by atoms with Crippen molar-refractivity contribution in [3.05, 3.63) is 60.0 Å². The van der Waals surface area contributed by atoms with E-state index in [0.29, 0.717) is 17.2 Å². The third-order valence-corrected chi connectivity index (χ3v) is 4.96. The summed E-state index contributed by atoms with van der Waals surface area (Å²) >= 11 is 0. The van der Waals surface area contributed by atoms with Crippen molar-refractivity contribution in [2.24, 2.45) is 5.10 Å². The molecule has 0 aliphatic carbocycles. The number of fused-ring (bicyclic) bond motifs is 1. The molecule has 1 aromatic heterocycles. The summed E-state index contributed by atoms with van der Waals surface area (Å²) in [4.78, 5) is 2.12. The Morgan fingerprint density at radius 1 is 1.11 bits per heavy atom. The van der Waals surface area contributed by atoms with E-state index >= 15 is 0 Å². The van der Waals surface area contributed by atoms with E-state index < -0.39 is 0 Å². The lowest BCUT2D eigenvalue weighted by Crippen LogP contribution is -2.30. The minimum absolute atomic E-state index is 0.200. The topological polar surface area (TPSA) is 53.4 Å². The standard InChI is InChI=1S/C21H22FN5/c1-15(24-26-21-18-8-4-3-7-17(18)14-23-25-21)16-9-10-20(19(22)13-16)27-11-5-2-6-12-27/h3-4,7-10,13-14H,2,5-6,11-12H2,1H3,(H,25,26)/b24-15+. The Morgan fingerprint density at radius 2 is 1.93 bits per heavy atom. The number of piperidine rings is 1. The van der Waals surface area contributed by atoms with Gasteiger partial charge in [-0.3, -0.25) is 5.43 Å². The van der Waals surface area contributed by atoms with Crippen LogP contribution in [-0.4, -0.2) is 29.0 Å². The molecule has 1 saturated heterocycles. The molecule has 0 spiro atoms. The molecule has 27 heavy (non-hydrogen) atoms. The number of nitrogens with one attached hydrogen (secondary N) is 1. The van der Waals surface area contributed by atoms with Crippen molar-refractivity contribution >= 4 is 28.0 Å². The highest BCUT2D eigenvalue weighted by molar-refractivity contribution is 6.00. The van der Waals surface area contributed by atoms with E-state index in [1.807, 2.05) is 43.3 Å². The highest BCUT2D eigenvalue weighted by Gasteiger charge is 2.15. The van der Waals surface area contributed by atoms with E-state index in [1.54, 1.807) is 12.3 Å². The van der Waals surface area contributed by atoms with Gasteiger partial charge in [-0.15, -0.1) is 5.10 Å². The average Bonchev–Trinajstić information content (AvgIpc) is 2.72.